The molecule has 1 N–H and O–H groups in total. The van der Waals surface area contributed by atoms with E-state index < -0.39 is 0 Å². The Morgan fingerprint density at radius 2 is 1.94 bits per heavy atom. The van der Waals surface area contributed by atoms with Crippen molar-refractivity contribution in [2.24, 2.45) is 0 Å². The standard InChI is InChI=1S/C15H25N3/c1-16-14-6-4-3-5-7-15(14)18(2)12-13-8-10-17-11-9-13/h8-11,14-16H,3-7,12H2,1-2H3. The first-order valence-corrected chi connectivity index (χ1v) is 7.07. The zero-order valence-corrected chi connectivity index (χ0v) is 11.6. The SMILES string of the molecule is CNC1CCCCCC1N(C)Cc1ccncc1. The van der Waals surface area contributed by atoms with Crippen LogP contribution in [0.2, 0.25) is 0 Å². The van der Waals surface area contributed by atoms with Gasteiger partial charge in [0.2, 0.25) is 0 Å². The molecule has 18 heavy (non-hydrogen) atoms. The summed E-state index contributed by atoms with van der Waals surface area (Å²) in [5.74, 6) is 0. The summed E-state index contributed by atoms with van der Waals surface area (Å²) < 4.78 is 0. The Morgan fingerprint density at radius 1 is 1.22 bits per heavy atom. The molecule has 1 saturated carbocycles. The maximum Gasteiger partial charge on any atom is 0.0271 e. The van der Waals surface area contributed by atoms with Gasteiger partial charge in [0.1, 0.15) is 0 Å². The molecule has 2 rings (SSSR count). The molecule has 0 bridgehead atoms. The van der Waals surface area contributed by atoms with Crippen LogP contribution in [0.1, 0.15) is 37.7 Å². The summed E-state index contributed by atoms with van der Waals surface area (Å²) in [6.07, 6.45) is 10.5. The molecule has 3 nitrogen and oxygen atoms in total. The number of rotatable bonds is 4. The fourth-order valence-corrected chi connectivity index (χ4v) is 3.05. The second-order valence-electron chi connectivity index (χ2n) is 5.37. The largest absolute Gasteiger partial charge is 0.315 e. The van der Waals surface area contributed by atoms with E-state index in [2.05, 4.69) is 41.4 Å². The molecule has 1 aromatic rings. The summed E-state index contributed by atoms with van der Waals surface area (Å²) in [6.45, 7) is 1.02. The van der Waals surface area contributed by atoms with E-state index >= 15 is 0 Å². The van der Waals surface area contributed by atoms with Gasteiger partial charge in [-0.3, -0.25) is 9.88 Å². The van der Waals surface area contributed by atoms with Crippen LogP contribution < -0.4 is 5.32 Å². The molecular formula is C15H25N3. The molecule has 2 atom stereocenters. The van der Waals surface area contributed by atoms with E-state index in [-0.39, 0.29) is 0 Å². The van der Waals surface area contributed by atoms with Crippen LogP contribution in [0.5, 0.6) is 0 Å². The predicted octanol–water partition coefficient (Wildman–Crippen LogP) is 2.43. The van der Waals surface area contributed by atoms with E-state index in [0.29, 0.717) is 12.1 Å². The maximum absolute atomic E-state index is 4.08. The van der Waals surface area contributed by atoms with Crippen LogP contribution in [0.4, 0.5) is 0 Å². The fourth-order valence-electron chi connectivity index (χ4n) is 3.05. The van der Waals surface area contributed by atoms with Crippen LogP contribution >= 0.6 is 0 Å². The Bertz CT molecular complexity index is 339. The minimum Gasteiger partial charge on any atom is -0.315 e. The Balaban J connectivity index is 1.99. The van der Waals surface area contributed by atoms with Gasteiger partial charge >= 0.3 is 0 Å². The molecule has 1 aliphatic carbocycles. The zero-order valence-electron chi connectivity index (χ0n) is 11.6. The lowest BCUT2D eigenvalue weighted by atomic mass is 10.0. The molecular weight excluding hydrogens is 222 g/mol. The molecule has 0 spiro atoms. The smallest absolute Gasteiger partial charge is 0.0271 e. The average Bonchev–Trinajstić information content (AvgIpc) is 2.64. The molecule has 1 heterocycles. The molecule has 0 aliphatic heterocycles. The van der Waals surface area contributed by atoms with Crippen LogP contribution in [0.25, 0.3) is 0 Å². The van der Waals surface area contributed by atoms with Crippen LogP contribution in [0.15, 0.2) is 24.5 Å². The minimum absolute atomic E-state index is 0.638. The average molecular weight is 247 g/mol. The number of hydrogen-bond acceptors (Lipinski definition) is 3. The van der Waals surface area contributed by atoms with Gasteiger partial charge in [-0.2, -0.15) is 0 Å². The van der Waals surface area contributed by atoms with Crippen molar-refractivity contribution in [1.82, 2.24) is 15.2 Å². The molecule has 1 aromatic heterocycles. The minimum atomic E-state index is 0.638. The van der Waals surface area contributed by atoms with Crippen molar-refractivity contribution in [3.8, 4) is 0 Å². The van der Waals surface area contributed by atoms with Gasteiger partial charge in [0.25, 0.3) is 0 Å². The third-order valence-corrected chi connectivity index (χ3v) is 4.10. The van der Waals surface area contributed by atoms with Crippen molar-refractivity contribution < 1.29 is 0 Å². The number of pyridine rings is 1. The van der Waals surface area contributed by atoms with E-state index in [4.69, 9.17) is 0 Å². The molecule has 0 saturated heterocycles. The van der Waals surface area contributed by atoms with Gasteiger partial charge in [-0.05, 0) is 44.6 Å². The van der Waals surface area contributed by atoms with E-state index in [1.54, 1.807) is 0 Å². The van der Waals surface area contributed by atoms with Gasteiger partial charge < -0.3 is 5.32 Å². The molecule has 0 radical (unpaired) electrons. The van der Waals surface area contributed by atoms with Crippen LogP contribution in [0.3, 0.4) is 0 Å². The van der Waals surface area contributed by atoms with Crippen molar-refractivity contribution in [3.63, 3.8) is 0 Å². The summed E-state index contributed by atoms with van der Waals surface area (Å²) in [4.78, 5) is 6.58. The Kier molecular flexibility index (Phi) is 5.14. The summed E-state index contributed by atoms with van der Waals surface area (Å²) in [6, 6.07) is 5.52. The van der Waals surface area contributed by atoms with E-state index in [1.165, 1.54) is 37.7 Å². The molecule has 3 heteroatoms. The second kappa shape index (κ2) is 6.86. The highest BCUT2D eigenvalue weighted by Crippen LogP contribution is 2.22. The lowest BCUT2D eigenvalue weighted by Gasteiger charge is -2.33. The van der Waals surface area contributed by atoms with Gasteiger partial charge in [-0.1, -0.05) is 19.3 Å². The molecule has 1 fully saturated rings. The monoisotopic (exact) mass is 247 g/mol. The summed E-state index contributed by atoms with van der Waals surface area (Å²) >= 11 is 0. The van der Waals surface area contributed by atoms with Crippen LogP contribution in [-0.4, -0.2) is 36.1 Å². The molecule has 100 valence electrons. The van der Waals surface area contributed by atoms with Crippen molar-refractivity contribution in [2.75, 3.05) is 14.1 Å². The third kappa shape index (κ3) is 3.53. The first kappa shape index (κ1) is 13.5. The van der Waals surface area contributed by atoms with Gasteiger partial charge in [-0.25, -0.2) is 0 Å². The number of nitrogens with zero attached hydrogens (tertiary/aromatic N) is 2. The molecule has 2 unspecified atom stereocenters. The summed E-state index contributed by atoms with van der Waals surface area (Å²) in [7, 11) is 4.35. The summed E-state index contributed by atoms with van der Waals surface area (Å²) in [5.41, 5.74) is 1.35. The molecule has 0 aromatic carbocycles. The van der Waals surface area contributed by atoms with Gasteiger partial charge in [0.05, 0.1) is 0 Å². The van der Waals surface area contributed by atoms with E-state index in [0.717, 1.165) is 6.54 Å². The first-order chi connectivity index (χ1) is 8.81. The van der Waals surface area contributed by atoms with Crippen molar-refractivity contribution >= 4 is 0 Å². The number of aromatic nitrogens is 1. The van der Waals surface area contributed by atoms with Crippen molar-refractivity contribution in [1.29, 1.82) is 0 Å². The number of hydrogen-bond donors (Lipinski definition) is 1. The molecule has 1 aliphatic rings. The lowest BCUT2D eigenvalue weighted by Crippen LogP contribution is -2.46. The highest BCUT2D eigenvalue weighted by Gasteiger charge is 2.25. The van der Waals surface area contributed by atoms with Crippen LogP contribution in [0, 0.1) is 0 Å². The van der Waals surface area contributed by atoms with Crippen molar-refractivity contribution in [3.05, 3.63) is 30.1 Å². The third-order valence-electron chi connectivity index (χ3n) is 4.10. The molecule has 0 amide bonds. The van der Waals surface area contributed by atoms with E-state index in [1.807, 2.05) is 12.4 Å². The second-order valence-corrected chi connectivity index (χ2v) is 5.37. The van der Waals surface area contributed by atoms with Crippen LogP contribution in [-0.2, 0) is 6.54 Å². The number of nitrogens with one attached hydrogen (secondary N) is 1. The highest BCUT2D eigenvalue weighted by molar-refractivity contribution is 5.09. The van der Waals surface area contributed by atoms with Crippen molar-refractivity contribution in [2.45, 2.75) is 50.7 Å². The topological polar surface area (TPSA) is 28.2 Å². The van der Waals surface area contributed by atoms with E-state index in [9.17, 15) is 0 Å². The zero-order chi connectivity index (χ0) is 12.8. The summed E-state index contributed by atoms with van der Waals surface area (Å²) in [5, 5.41) is 3.51. The maximum atomic E-state index is 4.08. The quantitative estimate of drug-likeness (QED) is 0.828. The number of likely N-dealkylation sites (N-methyl/N-ethyl adjacent to an activating group) is 2. The van der Waals surface area contributed by atoms with Gasteiger partial charge in [-0.15, -0.1) is 0 Å². The van der Waals surface area contributed by atoms with Gasteiger partial charge in [0, 0.05) is 31.0 Å². The lowest BCUT2D eigenvalue weighted by molar-refractivity contribution is 0.179. The Labute approximate surface area is 111 Å². The van der Waals surface area contributed by atoms with Gasteiger partial charge in [0.15, 0.2) is 0 Å². The Morgan fingerprint density at radius 3 is 2.67 bits per heavy atom. The normalized spacial score (nSPS) is 25.1. The first-order valence-electron chi connectivity index (χ1n) is 7.07. The highest BCUT2D eigenvalue weighted by atomic mass is 15.2. The Hall–Kier alpha value is -0.930. The predicted molar refractivity (Wildman–Crippen MR) is 75.4 cm³/mol. The fraction of sp³-hybridized carbons (Fsp3) is 0.667.